The molecule has 0 radical (unpaired) electrons. The van der Waals surface area contributed by atoms with Gasteiger partial charge < -0.3 is 37.9 Å². The normalized spacial score (nSPS) is 38.1. The number of carbonyl (C=O) groups is 5. The summed E-state index contributed by atoms with van der Waals surface area (Å²) in [6.07, 6.45) is -14.8. The van der Waals surface area contributed by atoms with Crippen molar-refractivity contribution in [1.29, 1.82) is 0 Å². The van der Waals surface area contributed by atoms with Crippen LogP contribution in [-0.4, -0.2) is 102 Å². The van der Waals surface area contributed by atoms with Crippen LogP contribution in [0.2, 0.25) is 0 Å². The van der Waals surface area contributed by atoms with E-state index in [1.807, 2.05) is 0 Å². The molecule has 1 unspecified atom stereocenters. The first-order valence-corrected chi connectivity index (χ1v) is 11.9. The van der Waals surface area contributed by atoms with Gasteiger partial charge in [0, 0.05) is 40.1 Å². The van der Waals surface area contributed by atoms with Crippen molar-refractivity contribution < 1.29 is 70.1 Å². The topological polar surface area (TPSA) is 159 Å². The highest BCUT2D eigenvalue weighted by atomic mass is 35.5. The van der Waals surface area contributed by atoms with E-state index in [2.05, 4.69) is 4.74 Å². The zero-order valence-electron chi connectivity index (χ0n) is 26.6. The molecule has 2 aliphatic rings. The molecule has 0 aromatic rings. The van der Waals surface area contributed by atoms with Gasteiger partial charge in [0.15, 0.2) is 24.4 Å². The van der Waals surface area contributed by atoms with E-state index in [-0.39, 0.29) is 0 Å². The summed E-state index contributed by atoms with van der Waals surface area (Å²) in [7, 11) is 0. The average molecular weight is 614 g/mol. The van der Waals surface area contributed by atoms with Gasteiger partial charge in [-0.1, -0.05) is 0 Å². The zero-order chi connectivity index (χ0) is 34.2. The monoisotopic (exact) mass is 612 g/mol. The molecule has 38 heavy (non-hydrogen) atoms. The predicted octanol–water partition coefficient (Wildman–Crippen LogP) is 1.20. The number of rotatable bonds is 10. The molecule has 0 bridgehead atoms. The van der Waals surface area contributed by atoms with E-state index in [9.17, 15) is 24.0 Å². The third-order valence-electron chi connectivity index (χ3n) is 4.80. The Kier molecular flexibility index (Phi) is 8.79. The Hall–Kier alpha value is -1.90. The fourth-order valence-corrected chi connectivity index (χ4v) is 4.23. The Morgan fingerprint density at radius 2 is 1.32 bits per heavy atom. The first kappa shape index (κ1) is 23.9. The highest BCUT2D eigenvalue weighted by Crippen LogP contribution is 2.42. The molecule has 2 heterocycles. The second-order valence-electron chi connectivity index (χ2n) is 7.86. The van der Waals surface area contributed by atoms with Gasteiger partial charge in [0.05, 0.1) is 14.4 Å². The number of hydrogen-bond acceptors (Lipinski definition) is 13. The third kappa shape index (κ3) is 8.06. The van der Waals surface area contributed by atoms with Crippen LogP contribution < -0.4 is 0 Å². The molecule has 2 fully saturated rings. The van der Waals surface area contributed by atoms with Gasteiger partial charge in [-0.3, -0.25) is 24.0 Å². The fraction of sp³-hybridized carbons (Fsp3) is 0.773. The minimum Gasteiger partial charge on any atom is -0.463 e. The van der Waals surface area contributed by atoms with Crippen LogP contribution in [0.5, 0.6) is 0 Å². The summed E-state index contributed by atoms with van der Waals surface area (Å²) >= 11 is 18.3. The summed E-state index contributed by atoms with van der Waals surface area (Å²) in [5, 5.41) is -1.78. The van der Waals surface area contributed by atoms with Crippen LogP contribution in [0.1, 0.15) is 42.8 Å². The van der Waals surface area contributed by atoms with Gasteiger partial charge in [0.2, 0.25) is 12.1 Å². The number of halogens is 3. The molecular weight excluding hydrogens is 579 g/mol. The molecule has 0 N–H and O–H groups in total. The summed E-state index contributed by atoms with van der Waals surface area (Å²) in [5.41, 5.74) is 0. The lowest BCUT2D eigenvalue weighted by Gasteiger charge is -2.45. The van der Waals surface area contributed by atoms with Crippen LogP contribution in [0.3, 0.4) is 0 Å². The molecule has 0 amide bonds. The fourth-order valence-electron chi connectivity index (χ4n) is 3.56. The summed E-state index contributed by atoms with van der Waals surface area (Å²) in [6.45, 7) is 1.28. The van der Waals surface area contributed by atoms with Gasteiger partial charge in [0.1, 0.15) is 24.1 Å². The summed E-state index contributed by atoms with van der Waals surface area (Å²) < 4.78 is 91.6. The highest BCUT2D eigenvalue weighted by molar-refractivity contribution is 6.21. The smallest absolute Gasteiger partial charge is 0.303 e. The highest BCUT2D eigenvalue weighted by Gasteiger charge is 2.63. The number of alkyl halides is 3. The first-order chi connectivity index (χ1) is 19.8. The van der Waals surface area contributed by atoms with E-state index < -0.39 is 102 Å². The molecule has 216 valence electrons. The van der Waals surface area contributed by atoms with Crippen LogP contribution >= 0.6 is 34.8 Å². The van der Waals surface area contributed by atoms with Gasteiger partial charge >= 0.3 is 29.8 Å². The molecule has 13 nitrogen and oxygen atoms in total. The number of ether oxygens (including phenoxy) is 8. The quantitative estimate of drug-likeness (QED) is 0.197. The summed E-state index contributed by atoms with van der Waals surface area (Å²) in [4.78, 5) is 59.9. The minimum atomic E-state index is -3.40. The van der Waals surface area contributed by atoms with E-state index >= 15 is 0 Å². The molecule has 0 aromatic heterocycles. The molecule has 0 saturated carbocycles. The van der Waals surface area contributed by atoms with Crippen molar-refractivity contribution in [2.45, 2.75) is 88.7 Å². The standard InChI is InChI=1S/C22H29Cl3O13/c1-9(26)31-7-15-16(25)18(33-11(3)28)19(34-12(4)29)21(36-15)38-22(8-24)20(35-13(5)30)17(32-10(2)27)14(6-23)37-22/h14-21H,6-8H2,1-5H3/t14-,15-,16+,17-,18+,19-,20+,21?,22+/m1/s1/i6D2,7D2,8D2. The maximum atomic E-state index is 12.2. The molecule has 9 atom stereocenters. The Bertz CT molecular complexity index is 1140. The summed E-state index contributed by atoms with van der Waals surface area (Å²) in [5.74, 6) is -15.2. The van der Waals surface area contributed by atoms with E-state index in [4.69, 9.17) is 76.2 Å². The lowest BCUT2D eigenvalue weighted by molar-refractivity contribution is -0.359. The van der Waals surface area contributed by atoms with Crippen molar-refractivity contribution in [2.24, 2.45) is 0 Å². The summed E-state index contributed by atoms with van der Waals surface area (Å²) in [6, 6.07) is 0. The average Bonchev–Trinajstić information content (AvgIpc) is 3.09. The molecule has 16 heteroatoms. The van der Waals surface area contributed by atoms with Crippen molar-refractivity contribution in [1.82, 2.24) is 0 Å². The van der Waals surface area contributed by atoms with Gasteiger partial charge in [-0.05, 0) is 0 Å². The third-order valence-corrected chi connectivity index (χ3v) is 5.75. The first-order valence-electron chi connectivity index (χ1n) is 13.8. The largest absolute Gasteiger partial charge is 0.463 e. The molecule has 0 aromatic carbocycles. The van der Waals surface area contributed by atoms with E-state index in [1.54, 1.807) is 0 Å². The Morgan fingerprint density at radius 1 is 0.789 bits per heavy atom. The molecule has 2 aliphatic heterocycles. The van der Waals surface area contributed by atoms with Crippen molar-refractivity contribution >= 4 is 64.6 Å². The van der Waals surface area contributed by atoms with Gasteiger partial charge in [-0.25, -0.2) is 0 Å². The molecule has 2 rings (SSSR count). The van der Waals surface area contributed by atoms with E-state index in [1.165, 1.54) is 0 Å². The Morgan fingerprint density at radius 3 is 1.79 bits per heavy atom. The molecular formula is C22H29Cl3O13. The van der Waals surface area contributed by atoms with Crippen LogP contribution in [0, 0.1) is 0 Å². The number of hydrogen-bond donors (Lipinski definition) is 0. The second-order valence-corrected chi connectivity index (χ2v) is 8.77. The Labute approximate surface area is 241 Å². The van der Waals surface area contributed by atoms with Crippen LogP contribution in [0.4, 0.5) is 0 Å². The van der Waals surface area contributed by atoms with Crippen LogP contribution in [0.15, 0.2) is 0 Å². The molecule has 2 saturated heterocycles. The lowest BCUT2D eigenvalue weighted by Crippen LogP contribution is -2.63. The maximum absolute atomic E-state index is 12.2. The maximum Gasteiger partial charge on any atom is 0.303 e. The predicted molar refractivity (Wildman–Crippen MR) is 127 cm³/mol. The Balaban J connectivity index is 2.85. The van der Waals surface area contributed by atoms with Crippen molar-refractivity contribution in [2.75, 3.05) is 18.2 Å². The zero-order valence-corrected chi connectivity index (χ0v) is 22.8. The lowest BCUT2D eigenvalue weighted by atomic mass is 10.0. The molecule has 0 spiro atoms. The van der Waals surface area contributed by atoms with Gasteiger partial charge in [-0.2, -0.15) is 0 Å². The second kappa shape index (κ2) is 13.9. The number of esters is 5. The number of carbonyl (C=O) groups excluding carboxylic acids is 5. The van der Waals surface area contributed by atoms with Crippen LogP contribution in [0.25, 0.3) is 0 Å². The van der Waals surface area contributed by atoms with Crippen molar-refractivity contribution in [3.05, 3.63) is 0 Å². The van der Waals surface area contributed by atoms with Crippen LogP contribution in [-0.2, 0) is 61.9 Å². The van der Waals surface area contributed by atoms with E-state index in [0.717, 1.165) is 34.6 Å². The van der Waals surface area contributed by atoms with Crippen molar-refractivity contribution in [3.8, 4) is 0 Å². The molecule has 0 aliphatic carbocycles. The minimum absolute atomic E-state index is 0.847. The van der Waals surface area contributed by atoms with Gasteiger partial charge in [-0.15, -0.1) is 34.8 Å². The van der Waals surface area contributed by atoms with Gasteiger partial charge in [0.25, 0.3) is 0 Å². The van der Waals surface area contributed by atoms with Crippen molar-refractivity contribution in [3.63, 3.8) is 0 Å². The SMILES string of the molecule is [2H]C([2H])(Cl)[C@H]1O[C@](OC2O[C@H](C([2H])([2H])OC(C)=O)[C@H](Cl)[C@H](OC(C)=O)[C@H]2OC(C)=O)(C([2H])([2H])Cl)[C@@H](OC(C)=O)[C@@H]1OC(C)=O. The van der Waals surface area contributed by atoms with E-state index in [0.29, 0.717) is 0 Å².